The van der Waals surface area contributed by atoms with Crippen molar-refractivity contribution >= 4 is 5.91 Å². The summed E-state index contributed by atoms with van der Waals surface area (Å²) < 4.78 is 14.4. The van der Waals surface area contributed by atoms with Crippen molar-refractivity contribution in [2.45, 2.75) is 51.0 Å². The molecule has 30 heavy (non-hydrogen) atoms. The molecule has 164 valence electrons. The molecule has 0 bridgehead atoms. The number of nitrogens with zero attached hydrogens (tertiary/aromatic N) is 4. The third-order valence-corrected chi connectivity index (χ3v) is 6.11. The van der Waals surface area contributed by atoms with Gasteiger partial charge in [0.2, 0.25) is 0 Å². The van der Waals surface area contributed by atoms with Crippen LogP contribution in [-0.2, 0) is 34.6 Å². The van der Waals surface area contributed by atoms with E-state index in [4.69, 9.17) is 9.15 Å². The van der Waals surface area contributed by atoms with Crippen LogP contribution < -0.4 is 5.32 Å². The zero-order valence-electron chi connectivity index (χ0n) is 18.3. The number of ether oxygens (including phenoxy) is 1. The molecule has 0 unspecified atom stereocenters. The maximum absolute atomic E-state index is 12.8. The van der Waals surface area contributed by atoms with Gasteiger partial charge in [-0.2, -0.15) is 0 Å². The van der Waals surface area contributed by atoms with Gasteiger partial charge < -0.3 is 23.9 Å². The summed E-state index contributed by atoms with van der Waals surface area (Å²) in [5.74, 6) is 2.94. The maximum atomic E-state index is 12.8. The first-order valence-corrected chi connectivity index (χ1v) is 10.9. The highest BCUT2D eigenvalue weighted by Gasteiger charge is 2.47. The Bertz CT molecular complexity index is 851. The number of fused-ring (bicyclic) bond motifs is 2. The van der Waals surface area contributed by atoms with E-state index in [2.05, 4.69) is 43.7 Å². The number of rotatable bonds is 7. The van der Waals surface area contributed by atoms with Gasteiger partial charge in [-0.05, 0) is 39.1 Å². The SMILES string of the molecule is CCc1ccc(CN2CCC3(CC2)O[C@H](C(=O)NCCN(C)C)Cn2ccnc23)o1. The van der Waals surface area contributed by atoms with Crippen LogP contribution in [0.4, 0.5) is 0 Å². The van der Waals surface area contributed by atoms with Gasteiger partial charge in [-0.15, -0.1) is 0 Å². The number of likely N-dealkylation sites (N-methyl/N-ethyl adjacent to an activating group) is 1. The molecule has 1 spiro atoms. The minimum atomic E-state index is -0.500. The molecule has 0 aromatic carbocycles. The highest BCUT2D eigenvalue weighted by molar-refractivity contribution is 5.80. The average molecular weight is 416 g/mol. The number of imidazole rings is 1. The second-order valence-electron chi connectivity index (χ2n) is 8.60. The van der Waals surface area contributed by atoms with E-state index in [-0.39, 0.29) is 5.91 Å². The fraction of sp³-hybridized carbons (Fsp3) is 0.636. The van der Waals surface area contributed by atoms with Crippen molar-refractivity contribution in [2.24, 2.45) is 0 Å². The molecule has 0 saturated carbocycles. The minimum Gasteiger partial charge on any atom is -0.465 e. The molecule has 1 saturated heterocycles. The zero-order valence-corrected chi connectivity index (χ0v) is 18.3. The number of hydrogen-bond donors (Lipinski definition) is 1. The second-order valence-corrected chi connectivity index (χ2v) is 8.60. The van der Waals surface area contributed by atoms with Gasteiger partial charge in [-0.1, -0.05) is 6.92 Å². The molecule has 1 fully saturated rings. The first-order chi connectivity index (χ1) is 14.5. The Labute approximate surface area is 178 Å². The molecule has 1 amide bonds. The van der Waals surface area contributed by atoms with Crippen molar-refractivity contribution in [1.82, 2.24) is 24.7 Å². The molecule has 0 radical (unpaired) electrons. The van der Waals surface area contributed by atoms with Crippen molar-refractivity contribution in [3.63, 3.8) is 0 Å². The molecule has 1 N–H and O–H groups in total. The molecule has 4 heterocycles. The van der Waals surface area contributed by atoms with Crippen LogP contribution in [-0.4, -0.2) is 71.6 Å². The van der Waals surface area contributed by atoms with Crippen LogP contribution in [0.15, 0.2) is 28.9 Å². The monoisotopic (exact) mass is 415 g/mol. The van der Waals surface area contributed by atoms with Crippen LogP contribution in [0.5, 0.6) is 0 Å². The third kappa shape index (κ3) is 4.45. The van der Waals surface area contributed by atoms with Crippen molar-refractivity contribution in [2.75, 3.05) is 40.3 Å². The normalized spacial score (nSPS) is 21.1. The molecule has 2 aromatic heterocycles. The number of nitrogens with one attached hydrogen (secondary N) is 1. The van der Waals surface area contributed by atoms with Crippen molar-refractivity contribution in [3.8, 4) is 0 Å². The van der Waals surface area contributed by atoms with Crippen molar-refractivity contribution in [1.29, 1.82) is 0 Å². The smallest absolute Gasteiger partial charge is 0.251 e. The molecule has 8 heteroatoms. The number of carbonyl (C=O) groups excluding carboxylic acids is 1. The standard InChI is InChI=1S/C22H33N5O3/c1-4-17-5-6-18(29-17)15-26-11-7-22(8-12-26)21-24-10-14-27(21)16-19(30-22)20(28)23-9-13-25(2)3/h5-6,10,14,19H,4,7-9,11-13,15-16H2,1-3H3,(H,23,28)/t19-/m0/s1. The number of amides is 1. The molecular weight excluding hydrogens is 382 g/mol. The Morgan fingerprint density at radius 1 is 1.30 bits per heavy atom. The van der Waals surface area contributed by atoms with E-state index < -0.39 is 11.7 Å². The third-order valence-electron chi connectivity index (χ3n) is 6.11. The zero-order chi connectivity index (χ0) is 21.1. The summed E-state index contributed by atoms with van der Waals surface area (Å²) in [7, 11) is 3.99. The molecular formula is C22H33N5O3. The van der Waals surface area contributed by atoms with E-state index >= 15 is 0 Å². The molecule has 4 rings (SSSR count). The highest BCUT2D eigenvalue weighted by atomic mass is 16.5. The van der Waals surface area contributed by atoms with Gasteiger partial charge in [0.1, 0.15) is 22.9 Å². The Morgan fingerprint density at radius 2 is 2.07 bits per heavy atom. The van der Waals surface area contributed by atoms with Gasteiger partial charge >= 0.3 is 0 Å². The summed E-state index contributed by atoms with van der Waals surface area (Å²) in [4.78, 5) is 21.8. The first-order valence-electron chi connectivity index (χ1n) is 10.9. The van der Waals surface area contributed by atoms with Crippen LogP contribution in [0, 0.1) is 0 Å². The number of piperidine rings is 1. The van der Waals surface area contributed by atoms with Crippen LogP contribution in [0.25, 0.3) is 0 Å². The predicted octanol–water partition coefficient (Wildman–Crippen LogP) is 1.61. The Hall–Kier alpha value is -2.16. The van der Waals surface area contributed by atoms with Crippen LogP contribution in [0.2, 0.25) is 0 Å². The van der Waals surface area contributed by atoms with Crippen molar-refractivity contribution in [3.05, 3.63) is 41.9 Å². The van der Waals surface area contributed by atoms with E-state index in [1.807, 2.05) is 26.5 Å². The fourth-order valence-corrected chi connectivity index (χ4v) is 4.38. The van der Waals surface area contributed by atoms with Crippen LogP contribution in [0.1, 0.15) is 37.1 Å². The van der Waals surface area contributed by atoms with E-state index in [0.717, 1.165) is 62.8 Å². The molecule has 2 aliphatic rings. The number of aryl methyl sites for hydroxylation is 1. The molecule has 1 atom stereocenters. The summed E-state index contributed by atoms with van der Waals surface area (Å²) in [6.07, 6.45) is 5.82. The van der Waals surface area contributed by atoms with E-state index in [1.165, 1.54) is 0 Å². The van der Waals surface area contributed by atoms with Gasteiger partial charge in [0.15, 0.2) is 6.10 Å². The largest absolute Gasteiger partial charge is 0.465 e. The van der Waals surface area contributed by atoms with E-state index in [1.54, 1.807) is 0 Å². The quantitative estimate of drug-likeness (QED) is 0.741. The Morgan fingerprint density at radius 3 is 2.77 bits per heavy atom. The lowest BCUT2D eigenvalue weighted by molar-refractivity contribution is -0.174. The van der Waals surface area contributed by atoms with Gasteiger partial charge in [-0.25, -0.2) is 4.98 Å². The van der Waals surface area contributed by atoms with Crippen LogP contribution in [0.3, 0.4) is 0 Å². The van der Waals surface area contributed by atoms with Gasteiger partial charge in [0.05, 0.1) is 13.1 Å². The number of hydrogen-bond acceptors (Lipinski definition) is 6. The Kier molecular flexibility index (Phi) is 6.26. The summed E-state index contributed by atoms with van der Waals surface area (Å²) in [5, 5.41) is 3.02. The van der Waals surface area contributed by atoms with Crippen LogP contribution >= 0.6 is 0 Å². The topological polar surface area (TPSA) is 75.8 Å². The maximum Gasteiger partial charge on any atom is 0.251 e. The molecule has 8 nitrogen and oxygen atoms in total. The summed E-state index contributed by atoms with van der Waals surface area (Å²) >= 11 is 0. The lowest BCUT2D eigenvalue weighted by atomic mass is 9.88. The van der Waals surface area contributed by atoms with E-state index in [9.17, 15) is 4.79 Å². The van der Waals surface area contributed by atoms with Gasteiger partial charge in [-0.3, -0.25) is 9.69 Å². The average Bonchev–Trinajstić information content (AvgIpc) is 3.39. The lowest BCUT2D eigenvalue weighted by Crippen LogP contribution is -2.54. The molecule has 2 aliphatic heterocycles. The summed E-state index contributed by atoms with van der Waals surface area (Å²) in [6, 6.07) is 4.13. The molecule has 2 aromatic rings. The second kappa shape index (κ2) is 8.91. The lowest BCUT2D eigenvalue weighted by Gasteiger charge is -2.45. The number of likely N-dealkylation sites (tertiary alicyclic amines) is 1. The van der Waals surface area contributed by atoms with Gasteiger partial charge in [0.25, 0.3) is 5.91 Å². The first kappa shape index (κ1) is 21.1. The van der Waals surface area contributed by atoms with Crippen molar-refractivity contribution < 1.29 is 13.9 Å². The number of carbonyl (C=O) groups is 1. The van der Waals surface area contributed by atoms with Gasteiger partial charge in [0, 0.05) is 45.0 Å². The highest BCUT2D eigenvalue weighted by Crippen LogP contribution is 2.40. The minimum absolute atomic E-state index is 0.0410. The predicted molar refractivity (Wildman–Crippen MR) is 113 cm³/mol. The summed E-state index contributed by atoms with van der Waals surface area (Å²) in [5.41, 5.74) is -0.500. The number of aromatic nitrogens is 2. The summed E-state index contributed by atoms with van der Waals surface area (Å²) in [6.45, 7) is 6.60. The number of furan rings is 1. The fourth-order valence-electron chi connectivity index (χ4n) is 4.38. The van der Waals surface area contributed by atoms with E-state index in [0.29, 0.717) is 13.1 Å². The Balaban J connectivity index is 1.40. The molecule has 0 aliphatic carbocycles.